The van der Waals surface area contributed by atoms with Crippen LogP contribution in [0.5, 0.6) is 0 Å². The largest absolute Gasteiger partial charge is 0.466 e. The number of likely N-dealkylation sites (N-methyl/N-ethyl adjacent to an activating group) is 1. The summed E-state index contributed by atoms with van der Waals surface area (Å²) in [5, 5.41) is 9.64. The molecule has 2 fully saturated rings. The number of amides is 1. The number of ether oxygens (including phenoxy) is 1. The lowest BCUT2D eigenvalue weighted by molar-refractivity contribution is -0.148. The van der Waals surface area contributed by atoms with Crippen molar-refractivity contribution in [2.24, 2.45) is 5.92 Å². The molecule has 8 nitrogen and oxygen atoms in total. The zero-order valence-electron chi connectivity index (χ0n) is 18.6. The number of carbonyl (C=O) groups excluding carboxylic acids is 2. The van der Waals surface area contributed by atoms with Crippen LogP contribution in [0, 0.1) is 24.2 Å². The topological polar surface area (TPSA) is 95.6 Å². The molecule has 3 heterocycles. The van der Waals surface area contributed by atoms with Gasteiger partial charge in [-0.1, -0.05) is 24.0 Å². The van der Waals surface area contributed by atoms with E-state index in [4.69, 9.17) is 17.0 Å². The molecule has 0 saturated carbocycles. The normalized spacial score (nSPS) is 18.4. The van der Waals surface area contributed by atoms with E-state index in [9.17, 15) is 19.6 Å². The van der Waals surface area contributed by atoms with Gasteiger partial charge in [-0.25, -0.2) is 0 Å². The van der Waals surface area contributed by atoms with Gasteiger partial charge in [-0.2, -0.15) is 5.26 Å². The van der Waals surface area contributed by atoms with Crippen molar-refractivity contribution in [1.82, 2.24) is 9.47 Å². The molecule has 0 spiro atoms. The SMILES string of the molecule is CCOC(=O)C1CCN(c2c(/C=C3\SC(=S)N(C)C3=O)c(C)c(C#N)c(=O)n2CC)CC1. The number of thioether (sulfide) groups is 1. The third-order valence-electron chi connectivity index (χ3n) is 5.84. The van der Waals surface area contributed by atoms with Crippen LogP contribution in [0.2, 0.25) is 0 Å². The van der Waals surface area contributed by atoms with Crippen LogP contribution < -0.4 is 10.5 Å². The number of piperidine rings is 1. The molecular weight excluding hydrogens is 448 g/mol. The molecule has 0 aliphatic carbocycles. The smallest absolute Gasteiger partial charge is 0.309 e. The van der Waals surface area contributed by atoms with Crippen molar-refractivity contribution in [1.29, 1.82) is 5.26 Å². The van der Waals surface area contributed by atoms with Gasteiger partial charge >= 0.3 is 5.97 Å². The summed E-state index contributed by atoms with van der Waals surface area (Å²) in [7, 11) is 1.63. The third kappa shape index (κ3) is 4.32. The lowest BCUT2D eigenvalue weighted by atomic mass is 9.95. The van der Waals surface area contributed by atoms with Gasteiger partial charge in [-0.15, -0.1) is 0 Å². The lowest BCUT2D eigenvalue weighted by Gasteiger charge is -2.35. The van der Waals surface area contributed by atoms with Gasteiger partial charge in [0.25, 0.3) is 11.5 Å². The number of aromatic nitrogens is 1. The molecule has 2 saturated heterocycles. The average molecular weight is 475 g/mol. The lowest BCUT2D eigenvalue weighted by Crippen LogP contribution is -2.41. The van der Waals surface area contributed by atoms with Crippen LogP contribution in [0.4, 0.5) is 5.82 Å². The molecule has 2 aliphatic heterocycles. The van der Waals surface area contributed by atoms with E-state index < -0.39 is 0 Å². The molecule has 3 rings (SSSR count). The van der Waals surface area contributed by atoms with E-state index in [0.29, 0.717) is 65.3 Å². The highest BCUT2D eigenvalue weighted by Gasteiger charge is 2.32. The highest BCUT2D eigenvalue weighted by Crippen LogP contribution is 2.36. The van der Waals surface area contributed by atoms with Crippen LogP contribution in [0.1, 0.15) is 43.4 Å². The van der Waals surface area contributed by atoms with Crippen LogP contribution in [-0.2, 0) is 20.9 Å². The van der Waals surface area contributed by atoms with Gasteiger partial charge in [0, 0.05) is 32.2 Å². The summed E-state index contributed by atoms with van der Waals surface area (Å²) in [6.07, 6.45) is 2.94. The Balaban J connectivity index is 2.11. The number of anilines is 1. The van der Waals surface area contributed by atoms with Crippen molar-refractivity contribution in [3.05, 3.63) is 31.9 Å². The molecule has 0 radical (unpaired) electrons. The van der Waals surface area contributed by atoms with Crippen LogP contribution >= 0.6 is 24.0 Å². The number of nitrogens with zero attached hydrogens (tertiary/aromatic N) is 4. The summed E-state index contributed by atoms with van der Waals surface area (Å²) in [4.78, 5) is 41.8. The van der Waals surface area contributed by atoms with Crippen LogP contribution in [0.15, 0.2) is 9.70 Å². The van der Waals surface area contributed by atoms with E-state index in [1.807, 2.05) is 13.0 Å². The van der Waals surface area contributed by atoms with Crippen molar-refractivity contribution in [3.8, 4) is 6.07 Å². The van der Waals surface area contributed by atoms with Gasteiger partial charge in [0.05, 0.1) is 17.4 Å². The Morgan fingerprint density at radius 1 is 1.31 bits per heavy atom. The summed E-state index contributed by atoms with van der Waals surface area (Å²) >= 11 is 6.45. The van der Waals surface area contributed by atoms with Crippen LogP contribution in [-0.4, -0.2) is 52.4 Å². The maximum atomic E-state index is 13.0. The molecule has 0 atom stereocenters. The molecule has 1 amide bonds. The predicted molar refractivity (Wildman–Crippen MR) is 128 cm³/mol. The second-order valence-corrected chi connectivity index (χ2v) is 9.33. The van der Waals surface area contributed by atoms with Crippen molar-refractivity contribution >= 4 is 52.1 Å². The van der Waals surface area contributed by atoms with Gasteiger partial charge in [-0.05, 0) is 45.3 Å². The average Bonchev–Trinajstić information content (AvgIpc) is 3.02. The van der Waals surface area contributed by atoms with E-state index in [0.717, 1.165) is 0 Å². The molecule has 1 aromatic heterocycles. The standard InChI is InChI=1S/C22H26N4O4S2/c1-5-26-18(25-9-7-14(8-10-25)21(29)30-6-2)15(13(3)16(12-23)19(26)27)11-17-20(28)24(4)22(31)32-17/h11,14H,5-10H2,1-4H3/b17-11-. The Bertz CT molecular complexity index is 1090. The molecule has 10 heteroatoms. The fourth-order valence-electron chi connectivity index (χ4n) is 4.04. The first-order valence-electron chi connectivity index (χ1n) is 10.6. The molecule has 0 N–H and O–H groups in total. The first-order chi connectivity index (χ1) is 15.2. The second-order valence-electron chi connectivity index (χ2n) is 7.65. The minimum atomic E-state index is -0.352. The van der Waals surface area contributed by atoms with Crippen molar-refractivity contribution in [2.75, 3.05) is 31.6 Å². The summed E-state index contributed by atoms with van der Waals surface area (Å²) in [5.74, 6) is 0.0898. The quantitative estimate of drug-likeness (QED) is 0.365. The molecule has 0 bridgehead atoms. The molecule has 2 aliphatic rings. The highest BCUT2D eigenvalue weighted by atomic mass is 32.2. The van der Waals surface area contributed by atoms with Crippen LogP contribution in [0.3, 0.4) is 0 Å². The Morgan fingerprint density at radius 2 is 1.97 bits per heavy atom. The summed E-state index contributed by atoms with van der Waals surface area (Å²) in [6.45, 7) is 7.21. The number of esters is 1. The Morgan fingerprint density at radius 3 is 2.47 bits per heavy atom. The molecular formula is C22H26N4O4S2. The van der Waals surface area contributed by atoms with Crippen molar-refractivity contribution < 1.29 is 14.3 Å². The Labute approximate surface area is 196 Å². The number of hydrogen-bond donors (Lipinski definition) is 0. The maximum absolute atomic E-state index is 13.0. The Kier molecular flexibility index (Phi) is 7.41. The number of hydrogen-bond acceptors (Lipinski definition) is 8. The van der Waals surface area contributed by atoms with E-state index in [-0.39, 0.29) is 28.9 Å². The zero-order valence-corrected chi connectivity index (χ0v) is 20.3. The molecule has 32 heavy (non-hydrogen) atoms. The summed E-state index contributed by atoms with van der Waals surface area (Å²) < 4.78 is 7.20. The fraction of sp³-hybridized carbons (Fsp3) is 0.500. The molecule has 1 aromatic rings. The van der Waals surface area contributed by atoms with E-state index in [1.165, 1.54) is 16.7 Å². The third-order valence-corrected chi connectivity index (χ3v) is 7.32. The highest BCUT2D eigenvalue weighted by molar-refractivity contribution is 8.26. The minimum Gasteiger partial charge on any atom is -0.466 e. The number of rotatable bonds is 5. The van der Waals surface area contributed by atoms with E-state index in [2.05, 4.69) is 4.90 Å². The first kappa shape index (κ1) is 24.0. The van der Waals surface area contributed by atoms with Gasteiger partial charge in [0.1, 0.15) is 21.8 Å². The van der Waals surface area contributed by atoms with Gasteiger partial charge in [0.15, 0.2) is 0 Å². The van der Waals surface area contributed by atoms with Gasteiger partial charge < -0.3 is 9.64 Å². The van der Waals surface area contributed by atoms with E-state index in [1.54, 1.807) is 31.5 Å². The second kappa shape index (κ2) is 9.88. The van der Waals surface area contributed by atoms with E-state index >= 15 is 0 Å². The monoisotopic (exact) mass is 474 g/mol. The summed E-state index contributed by atoms with van der Waals surface area (Å²) in [6, 6.07) is 2.03. The Hall–Kier alpha value is -2.64. The molecule has 0 unspecified atom stereocenters. The van der Waals surface area contributed by atoms with Crippen LogP contribution in [0.25, 0.3) is 6.08 Å². The number of nitriles is 1. The molecule has 170 valence electrons. The van der Waals surface area contributed by atoms with Gasteiger partial charge in [0.2, 0.25) is 0 Å². The number of pyridine rings is 1. The van der Waals surface area contributed by atoms with Crippen molar-refractivity contribution in [2.45, 2.75) is 40.2 Å². The predicted octanol–water partition coefficient (Wildman–Crippen LogP) is 2.66. The summed E-state index contributed by atoms with van der Waals surface area (Å²) in [5.41, 5.74) is 0.906. The number of carbonyl (C=O) groups is 2. The fourth-order valence-corrected chi connectivity index (χ4v) is 5.20. The number of thiocarbonyl (C=S) groups is 1. The van der Waals surface area contributed by atoms with Gasteiger partial charge in [-0.3, -0.25) is 23.9 Å². The first-order valence-corrected chi connectivity index (χ1v) is 11.8. The zero-order chi connectivity index (χ0) is 23.6. The maximum Gasteiger partial charge on any atom is 0.309 e. The molecule has 0 aromatic carbocycles. The van der Waals surface area contributed by atoms with Crippen molar-refractivity contribution in [3.63, 3.8) is 0 Å². The minimum absolute atomic E-state index is 0.0650.